The van der Waals surface area contributed by atoms with Crippen LogP contribution in [0.2, 0.25) is 5.15 Å². The average molecular weight is 288 g/mol. The Morgan fingerprint density at radius 1 is 1.61 bits per heavy atom. The van der Waals surface area contributed by atoms with E-state index in [0.29, 0.717) is 5.82 Å². The first kappa shape index (κ1) is 15.0. The molecule has 18 heavy (non-hydrogen) atoms. The second-order valence-corrected chi connectivity index (χ2v) is 4.58. The molecule has 1 fully saturated rings. The maximum absolute atomic E-state index is 8.74. The van der Waals surface area contributed by atoms with Crippen molar-refractivity contribution in [3.63, 3.8) is 0 Å². The van der Waals surface area contributed by atoms with E-state index in [4.69, 9.17) is 22.6 Å². The quantitative estimate of drug-likeness (QED) is 0.851. The van der Waals surface area contributed by atoms with Gasteiger partial charge in [-0.15, -0.1) is 12.4 Å². The van der Waals surface area contributed by atoms with Crippen LogP contribution in [-0.2, 0) is 0 Å². The van der Waals surface area contributed by atoms with Gasteiger partial charge < -0.3 is 10.6 Å². The fraction of sp³-hybridized carbons (Fsp3) is 0.545. The molecule has 5 nitrogen and oxygen atoms in total. The summed E-state index contributed by atoms with van der Waals surface area (Å²) < 4.78 is 0. The zero-order chi connectivity index (χ0) is 12.4. The molecule has 0 bridgehead atoms. The van der Waals surface area contributed by atoms with E-state index < -0.39 is 0 Å². The molecule has 0 unspecified atom stereocenters. The maximum atomic E-state index is 8.74. The van der Waals surface area contributed by atoms with E-state index >= 15 is 0 Å². The molecule has 1 aromatic heterocycles. The lowest BCUT2D eigenvalue weighted by molar-refractivity contribution is 0.418. The number of nitriles is 1. The molecule has 2 heterocycles. The van der Waals surface area contributed by atoms with Gasteiger partial charge in [0.2, 0.25) is 0 Å². The van der Waals surface area contributed by atoms with Gasteiger partial charge in [0, 0.05) is 18.6 Å². The van der Waals surface area contributed by atoms with E-state index in [2.05, 4.69) is 21.8 Å². The van der Waals surface area contributed by atoms with Gasteiger partial charge in [0.25, 0.3) is 0 Å². The Morgan fingerprint density at radius 3 is 2.94 bits per heavy atom. The van der Waals surface area contributed by atoms with Gasteiger partial charge in [0.15, 0.2) is 10.8 Å². The molecule has 0 aliphatic carbocycles. The van der Waals surface area contributed by atoms with Crippen molar-refractivity contribution in [1.29, 1.82) is 5.26 Å². The molecule has 0 spiro atoms. The number of aromatic nitrogens is 2. The van der Waals surface area contributed by atoms with E-state index in [1.165, 1.54) is 0 Å². The van der Waals surface area contributed by atoms with Crippen LogP contribution in [-0.4, -0.2) is 28.6 Å². The second-order valence-electron chi connectivity index (χ2n) is 4.22. The monoisotopic (exact) mass is 287 g/mol. The molecular formula is C11H15Cl2N5. The SMILES string of the molecule is C[C@@H]1[C@H](N)CCCN1c1cnc(C#N)c(Cl)n1.Cl. The highest BCUT2D eigenvalue weighted by Crippen LogP contribution is 2.23. The number of nitrogens with zero attached hydrogens (tertiary/aromatic N) is 4. The van der Waals surface area contributed by atoms with Crippen LogP contribution < -0.4 is 10.6 Å². The summed E-state index contributed by atoms with van der Waals surface area (Å²) in [4.78, 5) is 10.3. The Morgan fingerprint density at radius 2 is 2.33 bits per heavy atom. The summed E-state index contributed by atoms with van der Waals surface area (Å²) in [5.74, 6) is 0.691. The number of rotatable bonds is 1. The standard InChI is InChI=1S/C11H14ClN5.ClH/c1-7-8(14)3-2-4-17(7)10-6-15-9(5-13)11(12)16-10;/h6-8H,2-4,14H2,1H3;1H/t7-,8-;/m1./s1. The molecule has 2 atom stereocenters. The van der Waals surface area contributed by atoms with Gasteiger partial charge >= 0.3 is 0 Å². The summed E-state index contributed by atoms with van der Waals surface area (Å²) in [7, 11) is 0. The first-order valence-corrected chi connectivity index (χ1v) is 5.96. The highest BCUT2D eigenvalue weighted by molar-refractivity contribution is 6.30. The molecule has 98 valence electrons. The minimum Gasteiger partial charge on any atom is -0.351 e. The number of anilines is 1. The largest absolute Gasteiger partial charge is 0.351 e. The normalized spacial score (nSPS) is 23.1. The van der Waals surface area contributed by atoms with E-state index in [1.807, 2.05) is 6.07 Å². The van der Waals surface area contributed by atoms with Gasteiger partial charge in [0.05, 0.1) is 6.20 Å². The summed E-state index contributed by atoms with van der Waals surface area (Å²) >= 11 is 5.88. The molecule has 1 aliphatic rings. The lowest BCUT2D eigenvalue weighted by Gasteiger charge is -2.38. The Kier molecular flexibility index (Phi) is 5.15. The van der Waals surface area contributed by atoms with Crippen LogP contribution in [0.25, 0.3) is 0 Å². The molecule has 0 amide bonds. The molecule has 7 heteroatoms. The van der Waals surface area contributed by atoms with E-state index in [1.54, 1.807) is 6.20 Å². The van der Waals surface area contributed by atoms with Crippen molar-refractivity contribution in [3.8, 4) is 6.07 Å². The topological polar surface area (TPSA) is 78.8 Å². The molecule has 1 aliphatic heterocycles. The van der Waals surface area contributed by atoms with Crippen molar-refractivity contribution < 1.29 is 0 Å². The van der Waals surface area contributed by atoms with Crippen molar-refractivity contribution in [2.45, 2.75) is 31.8 Å². The predicted octanol–water partition coefficient (Wildman–Crippen LogP) is 1.74. The predicted molar refractivity (Wildman–Crippen MR) is 73.0 cm³/mol. The summed E-state index contributed by atoms with van der Waals surface area (Å²) in [5, 5.41) is 8.89. The van der Waals surface area contributed by atoms with Crippen molar-refractivity contribution >= 4 is 29.8 Å². The number of piperidine rings is 1. The summed E-state index contributed by atoms with van der Waals surface area (Å²) in [6, 6.07) is 2.25. The first-order valence-electron chi connectivity index (χ1n) is 5.58. The molecule has 2 N–H and O–H groups in total. The first-order chi connectivity index (χ1) is 8.13. The van der Waals surface area contributed by atoms with Gasteiger partial charge in [-0.25, -0.2) is 9.97 Å². The average Bonchev–Trinajstić information content (AvgIpc) is 2.32. The van der Waals surface area contributed by atoms with Gasteiger partial charge in [-0.1, -0.05) is 11.6 Å². The summed E-state index contributed by atoms with van der Waals surface area (Å²) in [6.45, 7) is 2.96. The van der Waals surface area contributed by atoms with Crippen LogP contribution in [0, 0.1) is 11.3 Å². The highest BCUT2D eigenvalue weighted by Gasteiger charge is 2.26. The van der Waals surface area contributed by atoms with Crippen LogP contribution in [0.4, 0.5) is 5.82 Å². The van der Waals surface area contributed by atoms with Crippen LogP contribution in [0.5, 0.6) is 0 Å². The molecular weight excluding hydrogens is 273 g/mol. The van der Waals surface area contributed by atoms with Crippen molar-refractivity contribution in [3.05, 3.63) is 17.0 Å². The van der Waals surface area contributed by atoms with Gasteiger partial charge in [-0.05, 0) is 19.8 Å². The Hall–Kier alpha value is -1.09. The fourth-order valence-electron chi connectivity index (χ4n) is 2.07. The summed E-state index contributed by atoms with van der Waals surface area (Å²) in [5.41, 5.74) is 6.18. The van der Waals surface area contributed by atoms with E-state index in [-0.39, 0.29) is 35.3 Å². The van der Waals surface area contributed by atoms with Crippen LogP contribution in [0.15, 0.2) is 6.20 Å². The highest BCUT2D eigenvalue weighted by atomic mass is 35.5. The molecule has 0 aromatic carbocycles. The number of halogens is 2. The van der Waals surface area contributed by atoms with Crippen molar-refractivity contribution in [1.82, 2.24) is 9.97 Å². The minimum atomic E-state index is 0. The molecule has 1 aromatic rings. The number of nitrogens with two attached hydrogens (primary N) is 1. The number of hydrogen-bond acceptors (Lipinski definition) is 5. The van der Waals surface area contributed by atoms with Gasteiger partial charge in [-0.3, -0.25) is 0 Å². The van der Waals surface area contributed by atoms with Crippen molar-refractivity contribution in [2.75, 3.05) is 11.4 Å². The number of hydrogen-bond donors (Lipinski definition) is 1. The zero-order valence-electron chi connectivity index (χ0n) is 10.0. The third kappa shape index (κ3) is 2.83. The van der Waals surface area contributed by atoms with E-state index in [9.17, 15) is 0 Å². The fourth-order valence-corrected chi connectivity index (χ4v) is 2.25. The third-order valence-electron chi connectivity index (χ3n) is 3.17. The minimum absolute atomic E-state index is 0. The molecule has 0 radical (unpaired) electrons. The van der Waals surface area contributed by atoms with Crippen LogP contribution in [0.3, 0.4) is 0 Å². The smallest absolute Gasteiger partial charge is 0.178 e. The Balaban J connectivity index is 0.00000162. The lowest BCUT2D eigenvalue weighted by Crippen LogP contribution is -2.50. The molecule has 2 rings (SSSR count). The zero-order valence-corrected chi connectivity index (χ0v) is 11.6. The van der Waals surface area contributed by atoms with Gasteiger partial charge in [-0.2, -0.15) is 5.26 Å². The lowest BCUT2D eigenvalue weighted by atomic mass is 9.98. The van der Waals surface area contributed by atoms with Gasteiger partial charge in [0.1, 0.15) is 11.9 Å². The summed E-state index contributed by atoms with van der Waals surface area (Å²) in [6.07, 6.45) is 3.64. The molecule has 0 saturated carbocycles. The molecule has 1 saturated heterocycles. The maximum Gasteiger partial charge on any atom is 0.178 e. The van der Waals surface area contributed by atoms with Crippen LogP contribution in [0.1, 0.15) is 25.5 Å². The Labute approximate surface area is 117 Å². The Bertz CT molecular complexity index is 459. The van der Waals surface area contributed by atoms with Crippen molar-refractivity contribution in [2.24, 2.45) is 5.73 Å². The third-order valence-corrected chi connectivity index (χ3v) is 3.43. The second kappa shape index (κ2) is 6.19. The van der Waals surface area contributed by atoms with E-state index in [0.717, 1.165) is 19.4 Å². The van der Waals surface area contributed by atoms with Crippen LogP contribution >= 0.6 is 24.0 Å².